The molecular formula is C13H13F2N3. The van der Waals surface area contributed by atoms with E-state index in [1.165, 1.54) is 18.2 Å². The van der Waals surface area contributed by atoms with Gasteiger partial charge in [-0.15, -0.1) is 0 Å². The summed E-state index contributed by atoms with van der Waals surface area (Å²) >= 11 is 0. The largest absolute Gasteiger partial charge is 0.304 e. The predicted molar refractivity (Wildman–Crippen MR) is 63.6 cm³/mol. The second kappa shape index (κ2) is 5.64. The van der Waals surface area contributed by atoms with Crippen LogP contribution < -0.4 is 5.32 Å². The van der Waals surface area contributed by atoms with E-state index in [1.807, 2.05) is 0 Å². The smallest absolute Gasteiger partial charge is 0.130 e. The summed E-state index contributed by atoms with van der Waals surface area (Å²) in [7, 11) is 0. The van der Waals surface area contributed by atoms with Gasteiger partial charge in [0.25, 0.3) is 0 Å². The summed E-state index contributed by atoms with van der Waals surface area (Å²) in [5.41, 5.74) is 0.766. The normalized spacial score (nSPS) is 12.4. The Balaban J connectivity index is 2.06. The molecule has 1 N–H and O–H groups in total. The van der Waals surface area contributed by atoms with E-state index in [1.54, 1.807) is 25.3 Å². The number of hydrogen-bond acceptors (Lipinski definition) is 3. The van der Waals surface area contributed by atoms with Gasteiger partial charge in [0, 0.05) is 24.3 Å². The minimum Gasteiger partial charge on any atom is -0.304 e. The van der Waals surface area contributed by atoms with Crippen molar-refractivity contribution in [1.82, 2.24) is 15.5 Å². The first-order chi connectivity index (χ1) is 8.68. The molecule has 1 atom stereocenters. The van der Waals surface area contributed by atoms with E-state index in [-0.39, 0.29) is 5.56 Å². The molecule has 0 saturated heterocycles. The van der Waals surface area contributed by atoms with Gasteiger partial charge in [-0.05, 0) is 31.2 Å². The van der Waals surface area contributed by atoms with E-state index in [9.17, 15) is 8.78 Å². The van der Waals surface area contributed by atoms with Gasteiger partial charge < -0.3 is 5.32 Å². The monoisotopic (exact) mass is 249 g/mol. The Morgan fingerprint density at radius 1 is 1.17 bits per heavy atom. The summed E-state index contributed by atoms with van der Waals surface area (Å²) in [6, 6.07) is 6.97. The van der Waals surface area contributed by atoms with Crippen molar-refractivity contribution < 1.29 is 8.78 Å². The van der Waals surface area contributed by atoms with Crippen molar-refractivity contribution in [3.63, 3.8) is 0 Å². The van der Waals surface area contributed by atoms with Crippen LogP contribution in [0.1, 0.15) is 24.2 Å². The van der Waals surface area contributed by atoms with Crippen molar-refractivity contribution in [3.8, 4) is 0 Å². The lowest BCUT2D eigenvalue weighted by Crippen LogP contribution is -2.21. The van der Waals surface area contributed by atoms with E-state index in [2.05, 4.69) is 15.5 Å². The second-order valence-electron chi connectivity index (χ2n) is 3.95. The molecule has 2 rings (SSSR count). The summed E-state index contributed by atoms with van der Waals surface area (Å²) in [6.45, 7) is 2.11. The van der Waals surface area contributed by atoms with E-state index >= 15 is 0 Å². The maximum Gasteiger partial charge on any atom is 0.130 e. The van der Waals surface area contributed by atoms with Crippen molar-refractivity contribution >= 4 is 0 Å². The molecule has 0 aliphatic carbocycles. The molecule has 3 nitrogen and oxygen atoms in total. The van der Waals surface area contributed by atoms with Gasteiger partial charge in [-0.3, -0.25) is 0 Å². The molecule has 5 heteroatoms. The van der Waals surface area contributed by atoms with Crippen LogP contribution in [0, 0.1) is 11.6 Å². The maximum absolute atomic E-state index is 13.5. The molecule has 0 bridgehead atoms. The summed E-state index contributed by atoms with van der Waals surface area (Å²) in [6.07, 6.45) is 1.57. The molecule has 0 aliphatic heterocycles. The molecule has 1 heterocycles. The lowest BCUT2D eigenvalue weighted by atomic mass is 10.1. The van der Waals surface area contributed by atoms with Gasteiger partial charge in [0.1, 0.15) is 11.6 Å². The fourth-order valence-corrected chi connectivity index (χ4v) is 1.71. The quantitative estimate of drug-likeness (QED) is 0.905. The third-order valence-electron chi connectivity index (χ3n) is 2.65. The molecule has 2 aromatic rings. The van der Waals surface area contributed by atoms with Crippen LogP contribution in [0.2, 0.25) is 0 Å². The zero-order chi connectivity index (χ0) is 13.0. The first kappa shape index (κ1) is 12.6. The fourth-order valence-electron chi connectivity index (χ4n) is 1.71. The SMILES string of the molecule is CC(NCc1cccnn1)c1c(F)cccc1F. The van der Waals surface area contributed by atoms with Crippen molar-refractivity contribution in [1.29, 1.82) is 0 Å². The first-order valence-corrected chi connectivity index (χ1v) is 5.62. The Morgan fingerprint density at radius 3 is 2.50 bits per heavy atom. The van der Waals surface area contributed by atoms with Gasteiger partial charge in [0.05, 0.1) is 5.69 Å². The molecule has 18 heavy (non-hydrogen) atoms. The summed E-state index contributed by atoms with van der Waals surface area (Å²) in [5.74, 6) is -1.09. The standard InChI is InChI=1S/C13H13F2N3/c1-9(13-11(14)5-2-6-12(13)15)16-8-10-4-3-7-17-18-10/h2-7,9,16H,8H2,1H3. The number of nitrogens with zero attached hydrogens (tertiary/aromatic N) is 2. The van der Waals surface area contributed by atoms with Crippen molar-refractivity contribution in [2.75, 3.05) is 0 Å². The highest BCUT2D eigenvalue weighted by molar-refractivity contribution is 5.22. The van der Waals surface area contributed by atoms with Crippen LogP contribution in [0.3, 0.4) is 0 Å². The molecule has 1 aromatic carbocycles. The van der Waals surface area contributed by atoms with Gasteiger partial charge in [-0.1, -0.05) is 6.07 Å². The molecule has 1 aromatic heterocycles. The Hall–Kier alpha value is -1.88. The molecule has 0 saturated carbocycles. The van der Waals surface area contributed by atoms with Crippen LogP contribution >= 0.6 is 0 Å². The van der Waals surface area contributed by atoms with Gasteiger partial charge in [0.15, 0.2) is 0 Å². The topological polar surface area (TPSA) is 37.8 Å². The minimum atomic E-state index is -0.547. The highest BCUT2D eigenvalue weighted by atomic mass is 19.1. The van der Waals surface area contributed by atoms with Gasteiger partial charge >= 0.3 is 0 Å². The van der Waals surface area contributed by atoms with Crippen LogP contribution in [0.4, 0.5) is 8.78 Å². The van der Waals surface area contributed by atoms with E-state index in [0.717, 1.165) is 5.69 Å². The predicted octanol–water partition coefficient (Wildman–Crippen LogP) is 2.61. The third-order valence-corrected chi connectivity index (χ3v) is 2.65. The number of aromatic nitrogens is 2. The van der Waals surface area contributed by atoms with Gasteiger partial charge in [-0.25, -0.2) is 8.78 Å². The lowest BCUT2D eigenvalue weighted by molar-refractivity contribution is 0.484. The zero-order valence-corrected chi connectivity index (χ0v) is 9.90. The molecule has 0 aliphatic rings. The molecule has 0 amide bonds. The van der Waals surface area contributed by atoms with E-state index < -0.39 is 17.7 Å². The Bertz CT molecular complexity index is 497. The maximum atomic E-state index is 13.5. The number of rotatable bonds is 4. The van der Waals surface area contributed by atoms with Crippen molar-refractivity contribution in [2.24, 2.45) is 0 Å². The molecule has 0 radical (unpaired) electrons. The molecule has 1 unspecified atom stereocenters. The summed E-state index contributed by atoms with van der Waals surface area (Å²) < 4.78 is 27.0. The highest BCUT2D eigenvalue weighted by Gasteiger charge is 2.15. The highest BCUT2D eigenvalue weighted by Crippen LogP contribution is 2.20. The van der Waals surface area contributed by atoms with Crippen LogP contribution in [0.15, 0.2) is 36.5 Å². The molecule has 0 fully saturated rings. The summed E-state index contributed by atoms with van der Waals surface area (Å²) in [4.78, 5) is 0. The second-order valence-corrected chi connectivity index (χ2v) is 3.95. The van der Waals surface area contributed by atoms with Crippen molar-refractivity contribution in [3.05, 3.63) is 59.4 Å². The zero-order valence-electron chi connectivity index (χ0n) is 9.90. The number of nitrogens with one attached hydrogen (secondary N) is 1. The average molecular weight is 249 g/mol. The molecule has 94 valence electrons. The Labute approximate surface area is 104 Å². The van der Waals surface area contributed by atoms with Gasteiger partial charge in [-0.2, -0.15) is 10.2 Å². The number of hydrogen-bond donors (Lipinski definition) is 1. The van der Waals surface area contributed by atoms with Crippen LogP contribution in [-0.2, 0) is 6.54 Å². The lowest BCUT2D eigenvalue weighted by Gasteiger charge is -2.15. The first-order valence-electron chi connectivity index (χ1n) is 5.62. The van der Waals surface area contributed by atoms with Crippen molar-refractivity contribution in [2.45, 2.75) is 19.5 Å². The number of benzene rings is 1. The number of halogens is 2. The van der Waals surface area contributed by atoms with Gasteiger partial charge in [0.2, 0.25) is 0 Å². The Kier molecular flexibility index (Phi) is 3.94. The van der Waals surface area contributed by atoms with Crippen LogP contribution in [0.5, 0.6) is 0 Å². The molecule has 0 spiro atoms. The van der Waals surface area contributed by atoms with E-state index in [0.29, 0.717) is 6.54 Å². The average Bonchev–Trinajstić information content (AvgIpc) is 2.37. The Morgan fingerprint density at radius 2 is 1.89 bits per heavy atom. The fraction of sp³-hybridized carbons (Fsp3) is 0.231. The summed E-state index contributed by atoms with van der Waals surface area (Å²) in [5, 5.41) is 10.6. The minimum absolute atomic E-state index is 0.0430. The van der Waals surface area contributed by atoms with Crippen LogP contribution in [-0.4, -0.2) is 10.2 Å². The van der Waals surface area contributed by atoms with E-state index in [4.69, 9.17) is 0 Å². The molecular weight excluding hydrogens is 236 g/mol. The van der Waals surface area contributed by atoms with Crippen LogP contribution in [0.25, 0.3) is 0 Å². The third kappa shape index (κ3) is 2.87.